The Labute approximate surface area is 192 Å². The van der Waals surface area contributed by atoms with Gasteiger partial charge in [0, 0.05) is 24.2 Å². The summed E-state index contributed by atoms with van der Waals surface area (Å²) < 4.78 is 53.8. The van der Waals surface area contributed by atoms with Gasteiger partial charge in [0.2, 0.25) is 11.7 Å². The summed E-state index contributed by atoms with van der Waals surface area (Å²) >= 11 is 0. The lowest BCUT2D eigenvalue weighted by Gasteiger charge is -2.30. The molecule has 2 heterocycles. The largest absolute Gasteiger partial charge is 0.493 e. The first kappa shape index (κ1) is 23.5. The van der Waals surface area contributed by atoms with E-state index in [0.717, 1.165) is 18.9 Å². The van der Waals surface area contributed by atoms with E-state index < -0.39 is 23.1 Å². The van der Waals surface area contributed by atoms with E-state index in [4.69, 9.17) is 9.26 Å². The number of aromatic nitrogens is 2. The molecule has 180 valence electrons. The fourth-order valence-electron chi connectivity index (χ4n) is 4.02. The number of nitrogens with zero attached hydrogens (tertiary/aromatic N) is 4. The molecule has 2 aromatic carbocycles. The zero-order chi connectivity index (χ0) is 24.2. The van der Waals surface area contributed by atoms with Gasteiger partial charge in [-0.15, -0.1) is 0 Å². The fraction of sp³-hybridized carbons (Fsp3) is 0.364. The highest BCUT2D eigenvalue weighted by molar-refractivity contribution is 5.55. The van der Waals surface area contributed by atoms with E-state index in [1.165, 1.54) is 25.3 Å². The summed E-state index contributed by atoms with van der Waals surface area (Å²) in [6.07, 6.45) is 1.55. The smallest absolute Gasteiger partial charge is 0.387 e. The molecule has 9 nitrogen and oxygen atoms in total. The third-order valence-corrected chi connectivity index (χ3v) is 5.55. The maximum atomic E-state index is 13.5. The Balaban J connectivity index is 1.53. The maximum Gasteiger partial charge on any atom is 0.387 e. The standard InChI is InChI=1S/C22H21F3N4O5/c1-32-18-9-15(17(29(30)31)10-19(18)33-22(24)25)12-28-7-3-5-14(11-28)21-26-20(27-34-21)13-4-2-6-16(23)8-13/h2,4,6,8-10,14,22H,3,5,7,11-12H2,1H3. The highest BCUT2D eigenvalue weighted by Gasteiger charge is 2.29. The van der Waals surface area contributed by atoms with Crippen LogP contribution in [-0.2, 0) is 6.54 Å². The lowest BCUT2D eigenvalue weighted by Crippen LogP contribution is -2.34. The molecule has 1 saturated heterocycles. The lowest BCUT2D eigenvalue weighted by atomic mass is 9.97. The Hall–Kier alpha value is -3.67. The van der Waals surface area contributed by atoms with Crippen molar-refractivity contribution >= 4 is 5.69 Å². The molecule has 0 N–H and O–H groups in total. The molecule has 1 aromatic heterocycles. The Bertz CT molecular complexity index is 1170. The van der Waals surface area contributed by atoms with Crippen molar-refractivity contribution in [2.45, 2.75) is 31.9 Å². The number of nitro groups is 1. The quantitative estimate of drug-likeness (QED) is 0.337. The molecule has 1 atom stereocenters. The van der Waals surface area contributed by atoms with Crippen molar-refractivity contribution in [2.24, 2.45) is 0 Å². The van der Waals surface area contributed by atoms with Crippen molar-refractivity contribution in [1.82, 2.24) is 15.0 Å². The van der Waals surface area contributed by atoms with Gasteiger partial charge in [-0.2, -0.15) is 13.8 Å². The first-order chi connectivity index (χ1) is 16.3. The van der Waals surface area contributed by atoms with E-state index in [2.05, 4.69) is 14.9 Å². The Kier molecular flexibility index (Phi) is 6.96. The van der Waals surface area contributed by atoms with Crippen molar-refractivity contribution in [3.63, 3.8) is 0 Å². The highest BCUT2D eigenvalue weighted by Crippen LogP contribution is 2.37. The molecule has 1 unspecified atom stereocenters. The molecule has 34 heavy (non-hydrogen) atoms. The van der Waals surface area contributed by atoms with Crippen LogP contribution < -0.4 is 9.47 Å². The second-order valence-corrected chi connectivity index (χ2v) is 7.81. The van der Waals surface area contributed by atoms with Crippen LogP contribution in [0.5, 0.6) is 11.5 Å². The van der Waals surface area contributed by atoms with Crippen LogP contribution in [-0.4, -0.2) is 46.8 Å². The second-order valence-electron chi connectivity index (χ2n) is 7.81. The minimum Gasteiger partial charge on any atom is -0.493 e. The fourth-order valence-corrected chi connectivity index (χ4v) is 4.02. The van der Waals surface area contributed by atoms with Gasteiger partial charge in [0.1, 0.15) is 5.82 Å². The van der Waals surface area contributed by atoms with Crippen LogP contribution >= 0.6 is 0 Å². The Morgan fingerprint density at radius 2 is 2.12 bits per heavy atom. The summed E-state index contributed by atoms with van der Waals surface area (Å²) in [5.41, 5.74) is 0.455. The van der Waals surface area contributed by atoms with Crippen molar-refractivity contribution in [3.05, 3.63) is 63.8 Å². The van der Waals surface area contributed by atoms with Crippen LogP contribution in [0.3, 0.4) is 0 Å². The van der Waals surface area contributed by atoms with Gasteiger partial charge in [0.05, 0.1) is 24.0 Å². The number of piperidine rings is 1. The minimum absolute atomic E-state index is 0.0221. The highest BCUT2D eigenvalue weighted by atomic mass is 19.3. The van der Waals surface area contributed by atoms with E-state index >= 15 is 0 Å². The van der Waals surface area contributed by atoms with E-state index in [1.807, 2.05) is 4.90 Å². The zero-order valence-corrected chi connectivity index (χ0v) is 18.1. The number of hydrogen-bond donors (Lipinski definition) is 0. The average molecular weight is 478 g/mol. The van der Waals surface area contributed by atoms with E-state index in [9.17, 15) is 23.3 Å². The Morgan fingerprint density at radius 3 is 2.82 bits per heavy atom. The summed E-state index contributed by atoms with van der Waals surface area (Å²) in [7, 11) is 1.27. The minimum atomic E-state index is -3.14. The molecule has 0 spiro atoms. The first-order valence-corrected chi connectivity index (χ1v) is 10.5. The van der Waals surface area contributed by atoms with Gasteiger partial charge in [0.25, 0.3) is 5.69 Å². The topological polar surface area (TPSA) is 104 Å². The summed E-state index contributed by atoms with van der Waals surface area (Å²) in [5.74, 6) is -0.273. The van der Waals surface area contributed by atoms with Crippen LogP contribution in [0.1, 0.15) is 30.2 Å². The van der Waals surface area contributed by atoms with Crippen LogP contribution in [0, 0.1) is 15.9 Å². The number of alkyl halides is 2. The number of hydrogen-bond acceptors (Lipinski definition) is 8. The van der Waals surface area contributed by atoms with Crippen molar-refractivity contribution < 1.29 is 32.1 Å². The van der Waals surface area contributed by atoms with E-state index in [1.54, 1.807) is 12.1 Å². The van der Waals surface area contributed by atoms with Gasteiger partial charge in [-0.05, 0) is 37.6 Å². The van der Waals surface area contributed by atoms with Crippen molar-refractivity contribution in [3.8, 4) is 22.9 Å². The average Bonchev–Trinajstić information content (AvgIpc) is 3.30. The summed E-state index contributed by atoms with van der Waals surface area (Å²) in [6, 6.07) is 8.17. The number of likely N-dealkylation sites (tertiary alicyclic amines) is 1. The predicted octanol–water partition coefficient (Wildman–Crippen LogP) is 4.77. The summed E-state index contributed by atoms with van der Waals surface area (Å²) in [6.45, 7) is -1.81. The zero-order valence-electron chi connectivity index (χ0n) is 18.1. The Morgan fingerprint density at radius 1 is 1.29 bits per heavy atom. The number of halogens is 3. The number of benzene rings is 2. The first-order valence-electron chi connectivity index (χ1n) is 10.5. The van der Waals surface area contributed by atoms with E-state index in [-0.39, 0.29) is 29.7 Å². The van der Waals surface area contributed by atoms with Crippen LogP contribution in [0.25, 0.3) is 11.4 Å². The molecule has 0 bridgehead atoms. The molecule has 4 rings (SSSR count). The van der Waals surface area contributed by atoms with Gasteiger partial charge in [-0.1, -0.05) is 17.3 Å². The molecule has 0 saturated carbocycles. The third kappa shape index (κ3) is 5.28. The van der Waals surface area contributed by atoms with Gasteiger partial charge in [-0.25, -0.2) is 4.39 Å². The molecular formula is C22H21F3N4O5. The SMILES string of the molecule is COc1cc(CN2CCCC(c3nc(-c4cccc(F)c4)no3)C2)c([N+](=O)[O-])cc1OC(F)F. The maximum absolute atomic E-state index is 13.5. The van der Waals surface area contributed by atoms with Crippen LogP contribution in [0.4, 0.5) is 18.9 Å². The number of rotatable bonds is 8. The normalized spacial score (nSPS) is 16.6. The molecule has 1 fully saturated rings. The van der Waals surface area contributed by atoms with Gasteiger partial charge < -0.3 is 14.0 Å². The number of nitro benzene ring substituents is 1. The lowest BCUT2D eigenvalue weighted by molar-refractivity contribution is -0.385. The molecule has 0 aliphatic carbocycles. The van der Waals surface area contributed by atoms with Crippen LogP contribution in [0.15, 0.2) is 40.9 Å². The number of ether oxygens (including phenoxy) is 2. The van der Waals surface area contributed by atoms with Crippen molar-refractivity contribution in [2.75, 3.05) is 20.2 Å². The van der Waals surface area contributed by atoms with E-state index in [0.29, 0.717) is 30.1 Å². The molecule has 0 amide bonds. The molecule has 3 aromatic rings. The molecule has 1 aliphatic heterocycles. The molecule has 0 radical (unpaired) electrons. The number of methoxy groups -OCH3 is 1. The molecular weight excluding hydrogens is 457 g/mol. The predicted molar refractivity (Wildman–Crippen MR) is 113 cm³/mol. The van der Waals surface area contributed by atoms with Gasteiger partial charge in [0.15, 0.2) is 11.5 Å². The van der Waals surface area contributed by atoms with Gasteiger partial charge >= 0.3 is 6.61 Å². The summed E-state index contributed by atoms with van der Waals surface area (Å²) in [5, 5.41) is 15.5. The monoisotopic (exact) mass is 478 g/mol. The third-order valence-electron chi connectivity index (χ3n) is 5.55. The molecule has 12 heteroatoms. The van der Waals surface area contributed by atoms with Crippen molar-refractivity contribution in [1.29, 1.82) is 0 Å². The van der Waals surface area contributed by atoms with Gasteiger partial charge in [-0.3, -0.25) is 15.0 Å². The summed E-state index contributed by atoms with van der Waals surface area (Å²) in [4.78, 5) is 17.3. The molecule has 1 aliphatic rings. The van der Waals surface area contributed by atoms with Crippen LogP contribution in [0.2, 0.25) is 0 Å². The second kappa shape index (κ2) is 10.1.